The molecular weight excluding hydrogens is 258 g/mol. The van der Waals surface area contributed by atoms with Gasteiger partial charge in [0.25, 0.3) is 11.8 Å². The number of hydrogen-bond acceptors (Lipinski definition) is 5. The minimum Gasteiger partial charge on any atom is -0.368 e. The first kappa shape index (κ1) is 12.8. The molecule has 20 heavy (non-hydrogen) atoms. The van der Waals surface area contributed by atoms with Crippen LogP contribution in [0.15, 0.2) is 28.8 Å². The Morgan fingerprint density at radius 1 is 1.35 bits per heavy atom. The molecule has 1 N–H and O–H groups in total. The Balaban J connectivity index is 1.68. The summed E-state index contributed by atoms with van der Waals surface area (Å²) in [4.78, 5) is 16.0. The minimum atomic E-state index is -0.326. The van der Waals surface area contributed by atoms with Gasteiger partial charge in [-0.3, -0.25) is 4.79 Å². The van der Waals surface area contributed by atoms with E-state index in [1.54, 1.807) is 6.92 Å². The van der Waals surface area contributed by atoms with Crippen LogP contribution in [0.25, 0.3) is 11.5 Å². The van der Waals surface area contributed by atoms with Gasteiger partial charge in [0.15, 0.2) is 5.82 Å². The van der Waals surface area contributed by atoms with E-state index in [0.29, 0.717) is 18.3 Å². The van der Waals surface area contributed by atoms with Crippen molar-refractivity contribution < 1.29 is 14.1 Å². The van der Waals surface area contributed by atoms with Gasteiger partial charge in [0.1, 0.15) is 6.10 Å². The predicted molar refractivity (Wildman–Crippen MR) is 72.1 cm³/mol. The fourth-order valence-corrected chi connectivity index (χ4v) is 2.12. The molecule has 1 aromatic heterocycles. The molecule has 1 aliphatic rings. The van der Waals surface area contributed by atoms with Gasteiger partial charge in [0.2, 0.25) is 0 Å². The van der Waals surface area contributed by atoms with Crippen molar-refractivity contribution in [3.05, 3.63) is 30.1 Å². The number of nitrogens with zero attached hydrogens (tertiary/aromatic N) is 2. The van der Waals surface area contributed by atoms with Gasteiger partial charge >= 0.3 is 0 Å². The minimum absolute atomic E-state index is 0.0936. The molecule has 6 heteroatoms. The van der Waals surface area contributed by atoms with Gasteiger partial charge < -0.3 is 14.6 Å². The molecule has 1 saturated heterocycles. The van der Waals surface area contributed by atoms with E-state index in [4.69, 9.17) is 9.26 Å². The Kier molecular flexibility index (Phi) is 3.47. The second-order valence-electron chi connectivity index (χ2n) is 4.72. The van der Waals surface area contributed by atoms with Gasteiger partial charge in [0, 0.05) is 17.9 Å². The molecule has 0 spiro atoms. The van der Waals surface area contributed by atoms with Crippen LogP contribution in [-0.2, 0) is 9.53 Å². The van der Waals surface area contributed by atoms with E-state index in [9.17, 15) is 4.79 Å². The average molecular weight is 273 g/mol. The third kappa shape index (κ3) is 2.70. The molecule has 1 aromatic carbocycles. The summed E-state index contributed by atoms with van der Waals surface area (Å²) in [6.07, 6.45) is 1.40. The third-order valence-electron chi connectivity index (χ3n) is 3.15. The number of rotatable bonds is 3. The van der Waals surface area contributed by atoms with Gasteiger partial charge in [-0.25, -0.2) is 0 Å². The molecule has 3 rings (SSSR count). The maximum Gasteiger partial charge on any atom is 0.257 e. The number of nitrogens with one attached hydrogen (secondary N) is 1. The fraction of sp³-hybridized carbons (Fsp3) is 0.357. The fourth-order valence-electron chi connectivity index (χ4n) is 2.12. The van der Waals surface area contributed by atoms with Gasteiger partial charge in [-0.15, -0.1) is 0 Å². The molecule has 1 aliphatic heterocycles. The highest BCUT2D eigenvalue weighted by atomic mass is 16.5. The zero-order valence-electron chi connectivity index (χ0n) is 11.1. The van der Waals surface area contributed by atoms with Gasteiger partial charge in [-0.2, -0.15) is 4.98 Å². The van der Waals surface area contributed by atoms with Crippen molar-refractivity contribution in [2.24, 2.45) is 0 Å². The lowest BCUT2D eigenvalue weighted by atomic mass is 10.2. The molecule has 6 nitrogen and oxygen atoms in total. The molecular formula is C14H15N3O3. The van der Waals surface area contributed by atoms with Crippen molar-refractivity contribution in [1.29, 1.82) is 0 Å². The number of aryl methyl sites for hydroxylation is 1. The summed E-state index contributed by atoms with van der Waals surface area (Å²) < 4.78 is 10.4. The third-order valence-corrected chi connectivity index (χ3v) is 3.15. The van der Waals surface area contributed by atoms with Crippen molar-refractivity contribution in [2.45, 2.75) is 25.9 Å². The molecule has 1 fully saturated rings. The number of carbonyl (C=O) groups is 1. The van der Waals surface area contributed by atoms with E-state index in [0.717, 1.165) is 24.1 Å². The van der Waals surface area contributed by atoms with Crippen LogP contribution in [0, 0.1) is 6.92 Å². The summed E-state index contributed by atoms with van der Waals surface area (Å²) in [6.45, 7) is 2.43. The van der Waals surface area contributed by atoms with Crippen LogP contribution in [0.2, 0.25) is 0 Å². The normalized spacial score (nSPS) is 18.1. The summed E-state index contributed by atoms with van der Waals surface area (Å²) in [5.41, 5.74) is 1.55. The van der Waals surface area contributed by atoms with Crippen LogP contribution in [0.4, 0.5) is 5.69 Å². The van der Waals surface area contributed by atoms with Crippen LogP contribution in [0.1, 0.15) is 18.7 Å². The summed E-state index contributed by atoms with van der Waals surface area (Å²) in [5.74, 6) is 0.971. The highest BCUT2D eigenvalue weighted by Gasteiger charge is 2.23. The number of hydrogen-bond donors (Lipinski definition) is 1. The summed E-state index contributed by atoms with van der Waals surface area (Å²) in [6, 6.07) is 7.28. The lowest BCUT2D eigenvalue weighted by molar-refractivity contribution is -0.124. The Morgan fingerprint density at radius 3 is 2.75 bits per heavy atom. The smallest absolute Gasteiger partial charge is 0.257 e. The van der Waals surface area contributed by atoms with Crippen LogP contribution in [-0.4, -0.2) is 28.8 Å². The highest BCUT2D eigenvalue weighted by molar-refractivity contribution is 5.94. The zero-order valence-corrected chi connectivity index (χ0v) is 11.1. The molecule has 0 bridgehead atoms. The van der Waals surface area contributed by atoms with Crippen molar-refractivity contribution in [2.75, 3.05) is 11.9 Å². The van der Waals surface area contributed by atoms with Crippen LogP contribution >= 0.6 is 0 Å². The quantitative estimate of drug-likeness (QED) is 0.927. The van der Waals surface area contributed by atoms with E-state index < -0.39 is 0 Å². The molecule has 0 aliphatic carbocycles. The van der Waals surface area contributed by atoms with E-state index >= 15 is 0 Å². The number of carbonyl (C=O) groups excluding carboxylic acids is 1. The molecule has 1 amide bonds. The Hall–Kier alpha value is -2.21. The highest BCUT2D eigenvalue weighted by Crippen LogP contribution is 2.20. The summed E-state index contributed by atoms with van der Waals surface area (Å²) >= 11 is 0. The van der Waals surface area contributed by atoms with Gasteiger partial charge in [-0.05, 0) is 44.0 Å². The van der Waals surface area contributed by atoms with Crippen molar-refractivity contribution >= 4 is 11.6 Å². The van der Waals surface area contributed by atoms with E-state index in [2.05, 4.69) is 15.5 Å². The molecule has 1 unspecified atom stereocenters. The first-order valence-corrected chi connectivity index (χ1v) is 6.55. The Morgan fingerprint density at radius 2 is 2.15 bits per heavy atom. The van der Waals surface area contributed by atoms with Crippen LogP contribution < -0.4 is 5.32 Å². The number of ether oxygens (including phenoxy) is 1. The number of benzene rings is 1. The summed E-state index contributed by atoms with van der Waals surface area (Å²) in [7, 11) is 0. The van der Waals surface area contributed by atoms with Crippen molar-refractivity contribution in [3.8, 4) is 11.5 Å². The number of aromatic nitrogens is 2. The maximum absolute atomic E-state index is 11.9. The van der Waals surface area contributed by atoms with E-state index in [1.807, 2.05) is 24.3 Å². The lowest BCUT2D eigenvalue weighted by Gasteiger charge is -2.10. The monoisotopic (exact) mass is 273 g/mol. The van der Waals surface area contributed by atoms with E-state index in [1.165, 1.54) is 0 Å². The van der Waals surface area contributed by atoms with Crippen LogP contribution in [0.3, 0.4) is 0 Å². The van der Waals surface area contributed by atoms with Crippen molar-refractivity contribution in [1.82, 2.24) is 10.1 Å². The van der Waals surface area contributed by atoms with Crippen molar-refractivity contribution in [3.63, 3.8) is 0 Å². The lowest BCUT2D eigenvalue weighted by Crippen LogP contribution is -2.26. The average Bonchev–Trinajstić information content (AvgIpc) is 3.10. The number of anilines is 1. The molecule has 1 atom stereocenters. The second-order valence-corrected chi connectivity index (χ2v) is 4.72. The summed E-state index contributed by atoms with van der Waals surface area (Å²) in [5, 5.41) is 6.58. The molecule has 104 valence electrons. The van der Waals surface area contributed by atoms with Gasteiger partial charge in [0.05, 0.1) is 0 Å². The largest absolute Gasteiger partial charge is 0.368 e. The van der Waals surface area contributed by atoms with E-state index in [-0.39, 0.29) is 12.0 Å². The van der Waals surface area contributed by atoms with Gasteiger partial charge in [-0.1, -0.05) is 5.16 Å². The standard InChI is InChI=1S/C14H15N3O3/c1-9-15-14(20-17-9)10-4-6-11(7-5-10)16-13(18)12-3-2-8-19-12/h4-7,12H,2-3,8H2,1H3,(H,16,18). The Labute approximate surface area is 116 Å². The first-order valence-electron chi connectivity index (χ1n) is 6.55. The predicted octanol–water partition coefficient (Wildman–Crippen LogP) is 2.16. The molecule has 2 heterocycles. The number of amides is 1. The topological polar surface area (TPSA) is 77.2 Å². The molecule has 2 aromatic rings. The Bertz CT molecular complexity index is 600. The van der Waals surface area contributed by atoms with Crippen LogP contribution in [0.5, 0.6) is 0 Å². The maximum atomic E-state index is 11.9. The first-order chi connectivity index (χ1) is 9.72. The molecule has 0 radical (unpaired) electrons. The SMILES string of the molecule is Cc1noc(-c2ccc(NC(=O)C3CCCO3)cc2)n1. The zero-order chi connectivity index (χ0) is 13.9. The molecule has 0 saturated carbocycles. The second kappa shape index (κ2) is 5.42.